The molecular weight excluding hydrogens is 669 g/mol. The molecule has 0 aromatic heterocycles. The van der Waals surface area contributed by atoms with Crippen molar-refractivity contribution >= 4 is 12.0 Å². The Morgan fingerprint density at radius 2 is 2.00 bits per heavy atom. The Balaban J connectivity index is 0.00000216. The minimum absolute atomic E-state index is 0. The van der Waals surface area contributed by atoms with Gasteiger partial charge in [0.05, 0.1) is 12.0 Å². The average molecular weight is 701 g/mol. The van der Waals surface area contributed by atoms with Crippen molar-refractivity contribution in [2.75, 3.05) is 26.2 Å². The molecular formula is C28H31FN2O3U. The van der Waals surface area contributed by atoms with Crippen molar-refractivity contribution in [3.8, 4) is 0 Å². The number of rotatable bonds is 7. The topological polar surface area (TPSA) is 49.9 Å². The van der Waals surface area contributed by atoms with E-state index >= 15 is 0 Å². The number of hydrogen-bond donors (Lipinski definition) is 0. The smallest absolute Gasteiger partial charge is 0.447 e. The maximum Gasteiger partial charge on any atom is 2.00 e. The Hall–Kier alpha value is -2.20. The predicted octanol–water partition coefficient (Wildman–Crippen LogP) is 4.81. The fourth-order valence-corrected chi connectivity index (χ4v) is 4.85. The second-order valence-corrected chi connectivity index (χ2v) is 8.73. The molecule has 182 valence electrons. The maximum atomic E-state index is 14.7. The van der Waals surface area contributed by atoms with Crippen molar-refractivity contribution in [2.24, 2.45) is 5.92 Å². The predicted molar refractivity (Wildman–Crippen MR) is 130 cm³/mol. The molecule has 0 N–H and O–H groups in total. The molecule has 0 aliphatic carbocycles. The molecule has 2 aliphatic rings. The molecule has 0 spiro atoms. The summed E-state index contributed by atoms with van der Waals surface area (Å²) in [5, 5.41) is 0. The maximum absolute atomic E-state index is 14.7. The molecule has 5 nitrogen and oxygen atoms in total. The van der Waals surface area contributed by atoms with Gasteiger partial charge in [0, 0.05) is 25.5 Å². The van der Waals surface area contributed by atoms with Gasteiger partial charge in [-0.1, -0.05) is 54.6 Å². The van der Waals surface area contributed by atoms with Gasteiger partial charge in [-0.3, -0.25) is 14.1 Å². The van der Waals surface area contributed by atoms with Gasteiger partial charge >= 0.3 is 37.2 Å². The number of benzene rings is 2. The minimum atomic E-state index is -0.622. The van der Waals surface area contributed by atoms with Crippen LogP contribution in [0.1, 0.15) is 24.0 Å². The van der Waals surface area contributed by atoms with Gasteiger partial charge in [0.1, 0.15) is 6.61 Å². The van der Waals surface area contributed by atoms with Crippen molar-refractivity contribution in [1.29, 1.82) is 0 Å². The molecule has 2 aromatic rings. The average Bonchev–Trinajstić information content (AvgIpc) is 3.38. The number of hydrogen-bond acceptors (Lipinski definition) is 4. The van der Waals surface area contributed by atoms with E-state index in [0.717, 1.165) is 11.1 Å². The summed E-state index contributed by atoms with van der Waals surface area (Å²) >= 11 is 0. The number of imide groups is 1. The molecule has 2 aromatic carbocycles. The van der Waals surface area contributed by atoms with Crippen LogP contribution < -0.4 is 0 Å². The summed E-state index contributed by atoms with van der Waals surface area (Å²) in [5.74, 6) is -1.61. The first-order valence-corrected chi connectivity index (χ1v) is 11.2. The van der Waals surface area contributed by atoms with Gasteiger partial charge in [-0.2, -0.15) is 18.2 Å². The zero-order chi connectivity index (χ0) is 23.4. The van der Waals surface area contributed by atoms with Crippen molar-refractivity contribution in [2.45, 2.75) is 25.3 Å². The molecule has 2 saturated heterocycles. The molecule has 3 atom stereocenters. The Labute approximate surface area is 231 Å². The third kappa shape index (κ3) is 6.73. The first-order valence-electron chi connectivity index (χ1n) is 11.2. The molecule has 0 saturated carbocycles. The molecule has 0 bridgehead atoms. The summed E-state index contributed by atoms with van der Waals surface area (Å²) in [6, 6.07) is 16.7. The Bertz CT molecular complexity index is 1060. The zero-order valence-corrected chi connectivity index (χ0v) is 24.4. The summed E-state index contributed by atoms with van der Waals surface area (Å²) in [7, 11) is 0. The third-order valence-electron chi connectivity index (χ3n) is 6.35. The van der Waals surface area contributed by atoms with Gasteiger partial charge in [0.25, 0.3) is 0 Å². The van der Waals surface area contributed by atoms with E-state index in [4.69, 9.17) is 4.74 Å². The summed E-state index contributed by atoms with van der Waals surface area (Å²) in [6.45, 7) is 7.50. The number of likely N-dealkylation sites (tertiary alicyclic amines) is 1. The van der Waals surface area contributed by atoms with E-state index < -0.39 is 12.0 Å². The fraction of sp³-hybridized carbons (Fsp3) is 0.321. The Morgan fingerprint density at radius 3 is 2.69 bits per heavy atom. The minimum Gasteiger partial charge on any atom is -0.447 e. The van der Waals surface area contributed by atoms with Crippen LogP contribution >= 0.6 is 0 Å². The monoisotopic (exact) mass is 700 g/mol. The van der Waals surface area contributed by atoms with E-state index in [1.807, 2.05) is 43.3 Å². The van der Waals surface area contributed by atoms with E-state index in [2.05, 4.69) is 17.5 Å². The zero-order valence-electron chi connectivity index (χ0n) is 20.2. The van der Waals surface area contributed by atoms with Gasteiger partial charge in [0.15, 0.2) is 0 Å². The van der Waals surface area contributed by atoms with Gasteiger partial charge in [0.2, 0.25) is 5.91 Å². The van der Waals surface area contributed by atoms with Crippen molar-refractivity contribution in [3.05, 3.63) is 103 Å². The largest absolute Gasteiger partial charge is 2.00 e. The molecule has 1 unspecified atom stereocenters. The van der Waals surface area contributed by atoms with E-state index in [1.54, 1.807) is 18.2 Å². The number of amides is 2. The summed E-state index contributed by atoms with van der Waals surface area (Å²) in [4.78, 5) is 29.7. The van der Waals surface area contributed by atoms with Crippen LogP contribution in [0.4, 0.5) is 9.18 Å². The quantitative estimate of drug-likeness (QED) is 0.308. The third-order valence-corrected chi connectivity index (χ3v) is 6.35. The SMILES string of the molecule is C=C/C=C(\C)CN1CC(C(=O)N2C(=O)OC[C@@H]2Cc2ccccc2)[C@H](c2cc[c-]cc2F)C1.[CH3-].[U+2]. The Morgan fingerprint density at radius 1 is 1.26 bits per heavy atom. The normalized spacial score (nSPS) is 22.2. The molecule has 2 aliphatic heterocycles. The van der Waals surface area contributed by atoms with E-state index in [1.165, 1.54) is 11.0 Å². The number of ether oxygens (including phenoxy) is 1. The molecule has 4 rings (SSSR count). The van der Waals surface area contributed by atoms with Crippen molar-refractivity contribution in [1.82, 2.24) is 9.80 Å². The fourth-order valence-electron chi connectivity index (χ4n) is 4.85. The van der Waals surface area contributed by atoms with Crippen LogP contribution in [0, 0.1) is 56.3 Å². The summed E-state index contributed by atoms with van der Waals surface area (Å²) in [6.07, 6.45) is 3.56. The van der Waals surface area contributed by atoms with Gasteiger partial charge in [-0.25, -0.2) is 9.69 Å². The van der Waals surface area contributed by atoms with Crippen LogP contribution in [0.25, 0.3) is 0 Å². The molecule has 0 radical (unpaired) electrons. The molecule has 7 heteroatoms. The standard InChI is InChI=1S/C27H28FN2O3.CH3.U/c1-3-9-19(2)15-29-16-23(22-12-7-8-13-25(22)28)24(17-29)26(31)30-21(18-33-27(30)32)14-20-10-5-4-6-11-20;;/h3-7,9-13,21,23-24H,1,14-18H2,2H3;1H3;/q2*-1;+2/b19-9+;;/t21-,23-,24?;;/m0../s1. The van der Waals surface area contributed by atoms with Crippen LogP contribution in [0.3, 0.4) is 0 Å². The number of cyclic esters (lactones) is 1. The Kier molecular flexibility index (Phi) is 11.0. The van der Waals surface area contributed by atoms with Crippen LogP contribution in [-0.4, -0.2) is 54.1 Å². The number of halogens is 1. The number of carbonyl (C=O) groups is 2. The first-order chi connectivity index (χ1) is 16.0. The summed E-state index contributed by atoms with van der Waals surface area (Å²) < 4.78 is 20.0. The molecule has 2 fully saturated rings. The first kappa shape index (κ1) is 29.0. The van der Waals surface area contributed by atoms with E-state index in [0.29, 0.717) is 31.6 Å². The van der Waals surface area contributed by atoms with Crippen LogP contribution in [-0.2, 0) is 16.0 Å². The van der Waals surface area contributed by atoms with Gasteiger partial charge in [-0.15, -0.1) is 11.6 Å². The molecule has 2 heterocycles. The van der Waals surface area contributed by atoms with E-state index in [9.17, 15) is 14.0 Å². The van der Waals surface area contributed by atoms with Gasteiger partial charge < -0.3 is 12.2 Å². The molecule has 35 heavy (non-hydrogen) atoms. The second kappa shape index (κ2) is 13.2. The van der Waals surface area contributed by atoms with Crippen LogP contribution in [0.5, 0.6) is 0 Å². The van der Waals surface area contributed by atoms with E-state index in [-0.39, 0.29) is 68.8 Å². The summed E-state index contributed by atoms with van der Waals surface area (Å²) in [5.41, 5.74) is 2.60. The number of carbonyl (C=O) groups excluding carboxylic acids is 2. The van der Waals surface area contributed by atoms with Gasteiger partial charge in [-0.05, 0) is 24.8 Å². The number of nitrogens with zero attached hydrogens (tertiary/aromatic N) is 2. The van der Waals surface area contributed by atoms with Crippen LogP contribution in [0.2, 0.25) is 0 Å². The molecule has 2 amide bonds. The van der Waals surface area contributed by atoms with Crippen molar-refractivity contribution < 1.29 is 49.8 Å². The second-order valence-electron chi connectivity index (χ2n) is 8.73. The number of allylic oxidation sites excluding steroid dienone is 2. The van der Waals surface area contributed by atoms with Crippen molar-refractivity contribution in [3.63, 3.8) is 0 Å². The van der Waals surface area contributed by atoms with Crippen LogP contribution in [0.15, 0.2) is 72.8 Å².